The molecule has 0 aliphatic carbocycles. The molecule has 110 valence electrons. The lowest BCUT2D eigenvalue weighted by molar-refractivity contribution is 0.481. The van der Waals surface area contributed by atoms with Crippen LogP contribution in [-0.4, -0.2) is 10.1 Å². The molecule has 0 aliphatic rings. The number of nitrogens with zero attached hydrogens (tertiary/aromatic N) is 1. The molecule has 0 amide bonds. The lowest BCUT2D eigenvalue weighted by atomic mass is 9.97. The first-order valence-electron chi connectivity index (χ1n) is 7.56. The van der Waals surface area contributed by atoms with Gasteiger partial charge in [-0.15, -0.1) is 0 Å². The van der Waals surface area contributed by atoms with Crippen molar-refractivity contribution in [3.63, 3.8) is 0 Å². The van der Waals surface area contributed by atoms with Gasteiger partial charge in [-0.1, -0.05) is 66.7 Å². The Hall–Kier alpha value is -3.13. The standard InChI is InChI=1S/C21H15NO/c23-20-13-7-12-19-18(20)14-17(15-8-3-1-4-9-15)21(22-19)16-10-5-2-6-11-16/h1-14,23H. The molecule has 0 unspecified atom stereocenters. The zero-order chi connectivity index (χ0) is 15.6. The number of hydrogen-bond donors (Lipinski definition) is 1. The van der Waals surface area contributed by atoms with E-state index in [2.05, 4.69) is 24.3 Å². The number of pyridine rings is 1. The number of phenols is 1. The molecule has 0 saturated heterocycles. The Morgan fingerprint density at radius 1 is 0.652 bits per heavy atom. The number of rotatable bonds is 2. The highest BCUT2D eigenvalue weighted by Crippen LogP contribution is 2.35. The summed E-state index contributed by atoms with van der Waals surface area (Å²) in [6, 6.07) is 27.8. The Balaban J connectivity index is 2.07. The first-order valence-corrected chi connectivity index (χ1v) is 7.56. The minimum Gasteiger partial charge on any atom is -0.507 e. The van der Waals surface area contributed by atoms with Crippen LogP contribution >= 0.6 is 0 Å². The second kappa shape index (κ2) is 5.58. The normalized spacial score (nSPS) is 10.8. The van der Waals surface area contributed by atoms with E-state index in [1.54, 1.807) is 6.07 Å². The molecule has 0 radical (unpaired) electrons. The fraction of sp³-hybridized carbons (Fsp3) is 0. The second-order valence-electron chi connectivity index (χ2n) is 5.46. The van der Waals surface area contributed by atoms with Crippen LogP contribution in [-0.2, 0) is 0 Å². The third-order valence-corrected chi connectivity index (χ3v) is 3.97. The van der Waals surface area contributed by atoms with Crippen LogP contribution in [0.2, 0.25) is 0 Å². The van der Waals surface area contributed by atoms with Crippen molar-refractivity contribution in [3.05, 3.63) is 84.9 Å². The van der Waals surface area contributed by atoms with Gasteiger partial charge in [0, 0.05) is 16.5 Å². The molecular formula is C21H15NO. The van der Waals surface area contributed by atoms with Gasteiger partial charge in [0.1, 0.15) is 5.75 Å². The maximum atomic E-state index is 10.2. The number of phenolic OH excluding ortho intramolecular Hbond substituents is 1. The maximum absolute atomic E-state index is 10.2. The first-order chi connectivity index (χ1) is 11.3. The molecule has 0 spiro atoms. The molecular weight excluding hydrogens is 282 g/mol. The van der Waals surface area contributed by atoms with Crippen molar-refractivity contribution in [2.45, 2.75) is 0 Å². The Morgan fingerprint density at radius 2 is 1.30 bits per heavy atom. The fourth-order valence-electron chi connectivity index (χ4n) is 2.83. The summed E-state index contributed by atoms with van der Waals surface area (Å²) in [4.78, 5) is 4.82. The molecule has 0 atom stereocenters. The zero-order valence-electron chi connectivity index (χ0n) is 12.5. The monoisotopic (exact) mass is 297 g/mol. The first kappa shape index (κ1) is 13.5. The zero-order valence-corrected chi connectivity index (χ0v) is 12.5. The van der Waals surface area contributed by atoms with Crippen LogP contribution in [0, 0.1) is 0 Å². The van der Waals surface area contributed by atoms with Crippen LogP contribution < -0.4 is 0 Å². The van der Waals surface area contributed by atoms with Crippen molar-refractivity contribution in [1.82, 2.24) is 4.98 Å². The number of benzene rings is 3. The summed E-state index contributed by atoms with van der Waals surface area (Å²) in [6.45, 7) is 0. The molecule has 0 fully saturated rings. The minimum atomic E-state index is 0.256. The molecule has 1 heterocycles. The summed E-state index contributed by atoms with van der Waals surface area (Å²) in [6.07, 6.45) is 0. The molecule has 23 heavy (non-hydrogen) atoms. The minimum absolute atomic E-state index is 0.256. The van der Waals surface area contributed by atoms with E-state index in [9.17, 15) is 5.11 Å². The number of aromatic nitrogens is 1. The summed E-state index contributed by atoms with van der Waals surface area (Å²) in [5.74, 6) is 0.256. The van der Waals surface area contributed by atoms with E-state index < -0.39 is 0 Å². The van der Waals surface area contributed by atoms with Crippen molar-refractivity contribution < 1.29 is 5.11 Å². The summed E-state index contributed by atoms with van der Waals surface area (Å²) in [5, 5.41) is 10.9. The summed E-state index contributed by atoms with van der Waals surface area (Å²) in [7, 11) is 0. The van der Waals surface area contributed by atoms with Crippen LogP contribution in [0.1, 0.15) is 0 Å². The summed E-state index contributed by atoms with van der Waals surface area (Å²) in [5.41, 5.74) is 4.89. The molecule has 2 heteroatoms. The molecule has 4 aromatic rings. The number of hydrogen-bond acceptors (Lipinski definition) is 2. The highest BCUT2D eigenvalue weighted by Gasteiger charge is 2.12. The van der Waals surface area contributed by atoms with Gasteiger partial charge in [0.15, 0.2) is 0 Å². The van der Waals surface area contributed by atoms with E-state index in [4.69, 9.17) is 4.98 Å². The summed E-state index contributed by atoms with van der Waals surface area (Å²) >= 11 is 0. The molecule has 0 bridgehead atoms. The van der Waals surface area contributed by atoms with Crippen LogP contribution in [0.3, 0.4) is 0 Å². The van der Waals surface area contributed by atoms with Gasteiger partial charge < -0.3 is 5.11 Å². The predicted octanol–water partition coefficient (Wildman–Crippen LogP) is 5.27. The highest BCUT2D eigenvalue weighted by molar-refractivity contribution is 5.94. The Kier molecular flexibility index (Phi) is 3.28. The molecule has 3 aromatic carbocycles. The van der Waals surface area contributed by atoms with Gasteiger partial charge in [-0.2, -0.15) is 0 Å². The molecule has 1 aromatic heterocycles. The molecule has 0 aliphatic heterocycles. The van der Waals surface area contributed by atoms with Crippen molar-refractivity contribution in [3.8, 4) is 28.1 Å². The second-order valence-corrected chi connectivity index (χ2v) is 5.46. The lowest BCUT2D eigenvalue weighted by Crippen LogP contribution is -1.91. The summed E-state index contributed by atoms with van der Waals surface area (Å²) < 4.78 is 0. The van der Waals surface area contributed by atoms with E-state index in [0.717, 1.165) is 33.3 Å². The Labute approximate surface area is 134 Å². The molecule has 4 rings (SSSR count). The van der Waals surface area contributed by atoms with Crippen LogP contribution in [0.25, 0.3) is 33.3 Å². The van der Waals surface area contributed by atoms with Crippen LogP contribution in [0.4, 0.5) is 0 Å². The van der Waals surface area contributed by atoms with Crippen molar-refractivity contribution in [2.24, 2.45) is 0 Å². The third-order valence-electron chi connectivity index (χ3n) is 3.97. The lowest BCUT2D eigenvalue weighted by Gasteiger charge is -2.12. The van der Waals surface area contributed by atoms with Gasteiger partial charge in [0.25, 0.3) is 0 Å². The van der Waals surface area contributed by atoms with E-state index in [1.807, 2.05) is 54.6 Å². The predicted molar refractivity (Wildman–Crippen MR) is 94.3 cm³/mol. The van der Waals surface area contributed by atoms with Gasteiger partial charge in [-0.25, -0.2) is 4.98 Å². The number of fused-ring (bicyclic) bond motifs is 1. The van der Waals surface area contributed by atoms with E-state index in [1.165, 1.54) is 0 Å². The van der Waals surface area contributed by atoms with E-state index in [0.29, 0.717) is 0 Å². The maximum Gasteiger partial charge on any atom is 0.124 e. The van der Waals surface area contributed by atoms with Gasteiger partial charge >= 0.3 is 0 Å². The van der Waals surface area contributed by atoms with Crippen molar-refractivity contribution in [2.75, 3.05) is 0 Å². The van der Waals surface area contributed by atoms with Gasteiger partial charge in [-0.3, -0.25) is 0 Å². The quantitative estimate of drug-likeness (QED) is 0.546. The third kappa shape index (κ3) is 2.44. The average molecular weight is 297 g/mol. The molecule has 1 N–H and O–H groups in total. The Bertz CT molecular complexity index is 963. The molecule has 2 nitrogen and oxygen atoms in total. The van der Waals surface area contributed by atoms with Crippen LogP contribution in [0.15, 0.2) is 84.9 Å². The average Bonchev–Trinajstić information content (AvgIpc) is 2.63. The van der Waals surface area contributed by atoms with Crippen molar-refractivity contribution in [1.29, 1.82) is 0 Å². The highest BCUT2D eigenvalue weighted by atomic mass is 16.3. The Morgan fingerprint density at radius 3 is 2.00 bits per heavy atom. The van der Waals surface area contributed by atoms with Gasteiger partial charge in [0.2, 0.25) is 0 Å². The fourth-order valence-corrected chi connectivity index (χ4v) is 2.83. The van der Waals surface area contributed by atoms with Gasteiger partial charge in [0.05, 0.1) is 11.2 Å². The van der Waals surface area contributed by atoms with E-state index in [-0.39, 0.29) is 5.75 Å². The van der Waals surface area contributed by atoms with Gasteiger partial charge in [-0.05, 0) is 23.8 Å². The topological polar surface area (TPSA) is 33.1 Å². The van der Waals surface area contributed by atoms with Crippen molar-refractivity contribution >= 4 is 10.9 Å². The SMILES string of the molecule is Oc1cccc2nc(-c3ccccc3)c(-c3ccccc3)cc12. The smallest absolute Gasteiger partial charge is 0.124 e. The molecule has 0 saturated carbocycles. The number of aromatic hydroxyl groups is 1. The van der Waals surface area contributed by atoms with Crippen LogP contribution in [0.5, 0.6) is 5.75 Å². The van der Waals surface area contributed by atoms with E-state index >= 15 is 0 Å². The largest absolute Gasteiger partial charge is 0.507 e.